The van der Waals surface area contributed by atoms with Crippen molar-refractivity contribution in [3.05, 3.63) is 169 Å². The van der Waals surface area contributed by atoms with Gasteiger partial charge in [-0.3, -0.25) is 0 Å². The standard InChI is InChI=1S/C42H35N/c1-4-13-31(26-29(5-2)6-3)32-20-24-39-40-25-22-34-27-33(37-19-12-15-30-14-10-11-18-36(30)37)21-23-38(34)42(40)43(41(39)28-32)35-16-8-7-9-17-35/h4-27,32H,2,28H2,1,3H3/b13-4-,29-6+,31-26+. The Bertz CT molecular complexity index is 2120. The summed E-state index contributed by atoms with van der Waals surface area (Å²) in [5.41, 5.74) is 10.1. The number of rotatable bonds is 6. The van der Waals surface area contributed by atoms with Crippen molar-refractivity contribution < 1.29 is 0 Å². The highest BCUT2D eigenvalue weighted by Crippen LogP contribution is 2.41. The van der Waals surface area contributed by atoms with Crippen LogP contribution in [0, 0.1) is 5.92 Å². The first-order valence-electron chi connectivity index (χ1n) is 15.1. The second-order valence-electron chi connectivity index (χ2n) is 11.3. The van der Waals surface area contributed by atoms with E-state index >= 15 is 0 Å². The van der Waals surface area contributed by atoms with Crippen LogP contribution in [0.4, 0.5) is 0 Å². The molecule has 208 valence electrons. The molecule has 5 aromatic carbocycles. The van der Waals surface area contributed by atoms with Gasteiger partial charge in [-0.25, -0.2) is 0 Å². The van der Waals surface area contributed by atoms with Crippen LogP contribution < -0.4 is 0 Å². The fourth-order valence-corrected chi connectivity index (χ4v) is 6.72. The predicted octanol–water partition coefficient (Wildman–Crippen LogP) is 11.4. The smallest absolute Gasteiger partial charge is 0.0616 e. The summed E-state index contributed by atoms with van der Waals surface area (Å²) in [6.45, 7) is 8.18. The lowest BCUT2D eigenvalue weighted by atomic mass is 9.86. The van der Waals surface area contributed by atoms with Crippen LogP contribution in [0.1, 0.15) is 25.1 Å². The first-order chi connectivity index (χ1) is 21.2. The second-order valence-corrected chi connectivity index (χ2v) is 11.3. The zero-order chi connectivity index (χ0) is 29.3. The van der Waals surface area contributed by atoms with Crippen LogP contribution in [0.25, 0.3) is 55.3 Å². The fraction of sp³-hybridized carbons (Fsp3) is 0.0952. The maximum absolute atomic E-state index is 4.02. The molecule has 0 fully saturated rings. The monoisotopic (exact) mass is 553 g/mol. The topological polar surface area (TPSA) is 4.93 Å². The molecule has 0 amide bonds. The Hall–Kier alpha value is -5.14. The molecule has 0 saturated heterocycles. The minimum atomic E-state index is 0.273. The van der Waals surface area contributed by atoms with Gasteiger partial charge < -0.3 is 4.57 Å². The molecule has 1 aliphatic carbocycles. The lowest BCUT2D eigenvalue weighted by molar-refractivity contribution is 0.730. The number of hydrogen-bond donors (Lipinski definition) is 0. The zero-order valence-corrected chi connectivity index (χ0v) is 24.8. The van der Waals surface area contributed by atoms with Crippen LogP contribution in [0.5, 0.6) is 0 Å². The summed E-state index contributed by atoms with van der Waals surface area (Å²) in [4.78, 5) is 0. The van der Waals surface area contributed by atoms with E-state index in [1.165, 1.54) is 66.1 Å². The number of hydrogen-bond acceptors (Lipinski definition) is 0. The van der Waals surface area contributed by atoms with Crippen molar-refractivity contribution >= 4 is 38.5 Å². The van der Waals surface area contributed by atoms with Crippen LogP contribution in [-0.2, 0) is 6.42 Å². The molecular formula is C42H35N. The predicted molar refractivity (Wildman–Crippen MR) is 187 cm³/mol. The first-order valence-corrected chi connectivity index (χ1v) is 15.1. The lowest BCUT2D eigenvalue weighted by Gasteiger charge is -2.22. The summed E-state index contributed by atoms with van der Waals surface area (Å²) in [5.74, 6) is 0.273. The molecule has 0 radical (unpaired) electrons. The molecule has 0 spiro atoms. The molecule has 6 aromatic rings. The number of nitrogens with zero attached hydrogens (tertiary/aromatic N) is 1. The Morgan fingerprint density at radius 1 is 0.791 bits per heavy atom. The van der Waals surface area contributed by atoms with Crippen molar-refractivity contribution in [2.24, 2.45) is 5.92 Å². The molecule has 1 atom stereocenters. The number of fused-ring (bicyclic) bond motifs is 6. The maximum Gasteiger partial charge on any atom is 0.0616 e. The van der Waals surface area contributed by atoms with Gasteiger partial charge in [0.2, 0.25) is 0 Å². The second kappa shape index (κ2) is 11.3. The maximum atomic E-state index is 4.02. The van der Waals surface area contributed by atoms with E-state index in [9.17, 15) is 0 Å². The minimum absolute atomic E-state index is 0.273. The normalized spacial score (nSPS) is 15.5. The third-order valence-corrected chi connectivity index (χ3v) is 8.80. The molecule has 0 saturated carbocycles. The number of allylic oxidation sites excluding steroid dienone is 8. The summed E-state index contributed by atoms with van der Waals surface area (Å²) < 4.78 is 2.51. The van der Waals surface area contributed by atoms with Gasteiger partial charge in [0.1, 0.15) is 0 Å². The molecule has 7 rings (SSSR count). The van der Waals surface area contributed by atoms with Crippen molar-refractivity contribution in [2.45, 2.75) is 20.3 Å². The van der Waals surface area contributed by atoms with Gasteiger partial charge in [-0.15, -0.1) is 0 Å². The number of benzene rings is 5. The van der Waals surface area contributed by atoms with E-state index in [2.05, 4.69) is 165 Å². The Labute approximate surface area is 254 Å². The zero-order valence-electron chi connectivity index (χ0n) is 24.8. The Balaban J connectivity index is 1.44. The molecule has 1 unspecified atom stereocenters. The van der Waals surface area contributed by atoms with Crippen LogP contribution >= 0.6 is 0 Å². The van der Waals surface area contributed by atoms with Crippen molar-refractivity contribution in [1.82, 2.24) is 4.57 Å². The van der Waals surface area contributed by atoms with Gasteiger partial charge in [0.25, 0.3) is 0 Å². The third-order valence-electron chi connectivity index (χ3n) is 8.80. The Morgan fingerprint density at radius 3 is 2.40 bits per heavy atom. The van der Waals surface area contributed by atoms with Crippen LogP contribution in [0.3, 0.4) is 0 Å². The molecule has 0 bridgehead atoms. The van der Waals surface area contributed by atoms with Crippen LogP contribution in [0.2, 0.25) is 0 Å². The summed E-state index contributed by atoms with van der Waals surface area (Å²) in [6, 6.07) is 37.7. The van der Waals surface area contributed by atoms with Crippen molar-refractivity contribution in [3.63, 3.8) is 0 Å². The molecule has 1 aromatic heterocycles. The van der Waals surface area contributed by atoms with Gasteiger partial charge in [-0.2, -0.15) is 0 Å². The highest BCUT2D eigenvalue weighted by Gasteiger charge is 2.25. The number of para-hydroxylation sites is 1. The van der Waals surface area contributed by atoms with E-state index in [0.717, 1.165) is 12.0 Å². The molecule has 0 aliphatic heterocycles. The molecule has 43 heavy (non-hydrogen) atoms. The van der Waals surface area contributed by atoms with E-state index < -0.39 is 0 Å². The first kappa shape index (κ1) is 26.7. The quantitative estimate of drug-likeness (QED) is 0.181. The van der Waals surface area contributed by atoms with Gasteiger partial charge in [0.15, 0.2) is 0 Å². The summed E-state index contributed by atoms with van der Waals surface area (Å²) in [6.07, 6.45) is 16.4. The molecule has 1 nitrogen and oxygen atoms in total. The summed E-state index contributed by atoms with van der Waals surface area (Å²) in [7, 11) is 0. The van der Waals surface area contributed by atoms with E-state index in [1.807, 2.05) is 6.08 Å². The summed E-state index contributed by atoms with van der Waals surface area (Å²) in [5, 5.41) is 6.38. The van der Waals surface area contributed by atoms with E-state index in [-0.39, 0.29) is 5.92 Å². The number of aromatic nitrogens is 1. The molecule has 0 N–H and O–H groups in total. The molecule has 1 heteroatoms. The Morgan fingerprint density at radius 2 is 1.58 bits per heavy atom. The van der Waals surface area contributed by atoms with E-state index in [0.29, 0.717) is 0 Å². The van der Waals surface area contributed by atoms with Gasteiger partial charge in [-0.1, -0.05) is 134 Å². The van der Waals surface area contributed by atoms with Crippen molar-refractivity contribution in [1.29, 1.82) is 0 Å². The van der Waals surface area contributed by atoms with Crippen LogP contribution in [0.15, 0.2) is 157 Å². The lowest BCUT2D eigenvalue weighted by Crippen LogP contribution is -2.12. The summed E-state index contributed by atoms with van der Waals surface area (Å²) >= 11 is 0. The largest absolute Gasteiger partial charge is 0.312 e. The average Bonchev–Trinajstić information content (AvgIpc) is 3.40. The van der Waals surface area contributed by atoms with E-state index in [4.69, 9.17) is 0 Å². The minimum Gasteiger partial charge on any atom is -0.312 e. The third kappa shape index (κ3) is 4.68. The molecular weight excluding hydrogens is 518 g/mol. The van der Waals surface area contributed by atoms with Gasteiger partial charge in [0, 0.05) is 33.6 Å². The fourth-order valence-electron chi connectivity index (χ4n) is 6.72. The molecule has 1 aliphatic rings. The van der Waals surface area contributed by atoms with E-state index in [1.54, 1.807) is 0 Å². The highest BCUT2D eigenvalue weighted by atomic mass is 15.0. The Kier molecular flexibility index (Phi) is 7.01. The van der Waals surface area contributed by atoms with Crippen molar-refractivity contribution in [3.8, 4) is 16.8 Å². The average molecular weight is 554 g/mol. The van der Waals surface area contributed by atoms with Gasteiger partial charge in [-0.05, 0) is 76.9 Å². The van der Waals surface area contributed by atoms with Gasteiger partial charge in [0.05, 0.1) is 5.52 Å². The SMILES string of the molecule is C=CC(/C=C(\C=C/C)C1C=Cc2c(n(-c3ccccc3)c3c2ccc2cc(-c4cccc5ccccc45)ccc23)C1)=C\C. The van der Waals surface area contributed by atoms with Gasteiger partial charge >= 0.3 is 0 Å². The molecule has 1 heterocycles. The highest BCUT2D eigenvalue weighted by molar-refractivity contribution is 6.11. The van der Waals surface area contributed by atoms with Crippen molar-refractivity contribution in [2.75, 3.05) is 0 Å². The van der Waals surface area contributed by atoms with Crippen LogP contribution in [-0.4, -0.2) is 4.57 Å².